The molecule has 0 bridgehead atoms. The zero-order valence-corrected chi connectivity index (χ0v) is 15.7. The van der Waals surface area contributed by atoms with Crippen LogP contribution in [0.2, 0.25) is 0 Å². The number of benzene rings is 2. The van der Waals surface area contributed by atoms with Crippen LogP contribution in [-0.4, -0.2) is 46.5 Å². The Kier molecular flexibility index (Phi) is 6.56. The van der Waals surface area contributed by atoms with E-state index in [2.05, 4.69) is 5.32 Å². The maximum Gasteiger partial charge on any atom is 0.347 e. The van der Waals surface area contributed by atoms with Crippen LogP contribution in [0.4, 0.5) is 0 Å². The van der Waals surface area contributed by atoms with Gasteiger partial charge < -0.3 is 19.7 Å². The molecule has 0 saturated heterocycles. The maximum atomic E-state index is 13.0. The Balaban J connectivity index is 1.94. The van der Waals surface area contributed by atoms with Crippen LogP contribution < -0.4 is 10.9 Å². The van der Waals surface area contributed by atoms with Crippen molar-refractivity contribution in [1.82, 2.24) is 5.32 Å². The minimum Gasteiger partial charge on any atom is -0.422 e. The largest absolute Gasteiger partial charge is 0.422 e. The number of Topliss-reactive ketones (excluding diaryl/α,β-unsaturated/α-hetero) is 1. The van der Waals surface area contributed by atoms with Gasteiger partial charge in [0.15, 0.2) is 5.78 Å². The molecule has 1 heterocycles. The van der Waals surface area contributed by atoms with Gasteiger partial charge in [-0.15, -0.1) is 0 Å². The van der Waals surface area contributed by atoms with Crippen molar-refractivity contribution in [3.63, 3.8) is 0 Å². The van der Waals surface area contributed by atoms with E-state index in [1.165, 1.54) is 6.07 Å². The monoisotopic (exact) mass is 397 g/mol. The average molecular weight is 397 g/mol. The Bertz CT molecular complexity index is 1020. The van der Waals surface area contributed by atoms with Crippen molar-refractivity contribution in [2.45, 2.75) is 18.0 Å². The zero-order valence-electron chi connectivity index (χ0n) is 15.7. The maximum absolute atomic E-state index is 13.0. The standard InChI is InChI=1S/C22H23NO6/c24-12-22(13-25,14-26)23-18(15-6-2-1-3-7-15)11-19(27)17-10-16-8-4-5-9-20(16)29-21(17)28/h1-10,18,23-26H,11-14H2/t18-/m0/s1. The molecule has 152 valence electrons. The quantitative estimate of drug-likeness (QED) is 0.318. The summed E-state index contributed by atoms with van der Waals surface area (Å²) in [6, 6.07) is 16.7. The van der Waals surface area contributed by atoms with E-state index in [1.54, 1.807) is 48.5 Å². The highest BCUT2D eigenvalue weighted by Gasteiger charge is 2.32. The molecule has 0 fully saturated rings. The van der Waals surface area contributed by atoms with E-state index in [0.717, 1.165) is 0 Å². The number of nitrogens with one attached hydrogen (secondary N) is 1. The van der Waals surface area contributed by atoms with Crippen LogP contribution in [0.5, 0.6) is 0 Å². The lowest BCUT2D eigenvalue weighted by Gasteiger charge is -2.34. The molecule has 0 saturated carbocycles. The summed E-state index contributed by atoms with van der Waals surface area (Å²) in [5.41, 5.74) is -1.07. The molecule has 0 amide bonds. The minimum absolute atomic E-state index is 0.0750. The van der Waals surface area contributed by atoms with Crippen LogP contribution in [0.3, 0.4) is 0 Å². The summed E-state index contributed by atoms with van der Waals surface area (Å²) in [5.74, 6) is -0.450. The second kappa shape index (κ2) is 9.11. The number of para-hydroxylation sites is 1. The first-order valence-electron chi connectivity index (χ1n) is 9.23. The van der Waals surface area contributed by atoms with Crippen molar-refractivity contribution in [3.05, 3.63) is 82.2 Å². The summed E-state index contributed by atoms with van der Waals surface area (Å²) >= 11 is 0. The third-order valence-corrected chi connectivity index (χ3v) is 4.92. The van der Waals surface area contributed by atoms with Gasteiger partial charge in [-0.25, -0.2) is 4.79 Å². The van der Waals surface area contributed by atoms with E-state index in [9.17, 15) is 24.9 Å². The first-order chi connectivity index (χ1) is 14.0. The van der Waals surface area contributed by atoms with Crippen LogP contribution in [0.1, 0.15) is 28.4 Å². The number of fused-ring (bicyclic) bond motifs is 1. The fourth-order valence-electron chi connectivity index (χ4n) is 3.15. The van der Waals surface area contributed by atoms with Gasteiger partial charge in [-0.3, -0.25) is 10.1 Å². The van der Waals surface area contributed by atoms with Gasteiger partial charge in [-0.2, -0.15) is 0 Å². The van der Waals surface area contributed by atoms with Crippen molar-refractivity contribution < 1.29 is 24.5 Å². The smallest absolute Gasteiger partial charge is 0.347 e. The summed E-state index contributed by atoms with van der Waals surface area (Å²) in [6.07, 6.45) is -0.130. The van der Waals surface area contributed by atoms with Gasteiger partial charge in [0.25, 0.3) is 0 Å². The Morgan fingerprint density at radius 1 is 0.966 bits per heavy atom. The highest BCUT2D eigenvalue weighted by molar-refractivity contribution is 5.98. The molecule has 0 radical (unpaired) electrons. The first kappa shape index (κ1) is 20.9. The van der Waals surface area contributed by atoms with E-state index >= 15 is 0 Å². The van der Waals surface area contributed by atoms with Gasteiger partial charge in [-0.1, -0.05) is 48.5 Å². The number of aliphatic hydroxyl groups is 3. The fourth-order valence-corrected chi connectivity index (χ4v) is 3.15. The third-order valence-electron chi connectivity index (χ3n) is 4.92. The van der Waals surface area contributed by atoms with Gasteiger partial charge in [0.2, 0.25) is 0 Å². The SMILES string of the molecule is O=C(C[C@H](NC(CO)(CO)CO)c1ccccc1)c1cc2ccccc2oc1=O. The zero-order chi connectivity index (χ0) is 20.9. The number of aliphatic hydroxyl groups excluding tert-OH is 3. The molecule has 0 unspecified atom stereocenters. The highest BCUT2D eigenvalue weighted by Crippen LogP contribution is 2.23. The van der Waals surface area contributed by atoms with E-state index in [1.807, 2.05) is 6.07 Å². The van der Waals surface area contributed by atoms with Crippen molar-refractivity contribution in [2.75, 3.05) is 19.8 Å². The van der Waals surface area contributed by atoms with Crippen LogP contribution >= 0.6 is 0 Å². The number of carbonyl (C=O) groups is 1. The van der Waals surface area contributed by atoms with E-state index in [0.29, 0.717) is 16.5 Å². The molecule has 0 aliphatic carbocycles. The highest BCUT2D eigenvalue weighted by atomic mass is 16.4. The molecular formula is C22H23NO6. The fraction of sp³-hybridized carbons (Fsp3) is 0.273. The summed E-state index contributed by atoms with van der Waals surface area (Å²) in [7, 11) is 0. The lowest BCUT2D eigenvalue weighted by molar-refractivity contribution is 0.0328. The van der Waals surface area contributed by atoms with E-state index < -0.39 is 42.8 Å². The van der Waals surface area contributed by atoms with Gasteiger partial charge in [0, 0.05) is 17.8 Å². The molecule has 29 heavy (non-hydrogen) atoms. The molecule has 7 nitrogen and oxygen atoms in total. The number of rotatable bonds is 9. The van der Waals surface area contributed by atoms with Crippen molar-refractivity contribution >= 4 is 16.8 Å². The van der Waals surface area contributed by atoms with Crippen molar-refractivity contribution in [2.24, 2.45) is 0 Å². The van der Waals surface area contributed by atoms with Crippen LogP contribution in [-0.2, 0) is 0 Å². The van der Waals surface area contributed by atoms with Gasteiger partial charge in [-0.05, 0) is 17.7 Å². The Hall–Kier alpha value is -2.84. The lowest BCUT2D eigenvalue weighted by atomic mass is 9.94. The van der Waals surface area contributed by atoms with Gasteiger partial charge in [0.05, 0.1) is 25.4 Å². The van der Waals surface area contributed by atoms with Gasteiger partial charge >= 0.3 is 5.63 Å². The number of hydrogen-bond acceptors (Lipinski definition) is 7. The summed E-state index contributed by atoms with van der Waals surface area (Å²) in [4.78, 5) is 25.3. The van der Waals surface area contributed by atoms with Gasteiger partial charge in [0.1, 0.15) is 11.1 Å². The molecule has 3 rings (SSSR count). The summed E-state index contributed by atoms with van der Waals surface area (Å²) < 4.78 is 5.25. The third kappa shape index (κ3) is 4.60. The predicted octanol–water partition coefficient (Wildman–Crippen LogP) is 1.41. The Labute approximate surface area is 167 Å². The first-order valence-corrected chi connectivity index (χ1v) is 9.23. The molecule has 0 aliphatic rings. The van der Waals surface area contributed by atoms with E-state index in [4.69, 9.17) is 4.42 Å². The molecule has 1 aromatic heterocycles. The lowest BCUT2D eigenvalue weighted by Crippen LogP contribution is -2.56. The van der Waals surface area contributed by atoms with Crippen LogP contribution in [0.25, 0.3) is 11.0 Å². The molecule has 0 spiro atoms. The normalized spacial score (nSPS) is 12.8. The molecule has 4 N–H and O–H groups in total. The molecule has 1 atom stereocenters. The second-order valence-electron chi connectivity index (χ2n) is 6.97. The van der Waals surface area contributed by atoms with Crippen LogP contribution in [0.15, 0.2) is 69.9 Å². The molecule has 7 heteroatoms. The second-order valence-corrected chi connectivity index (χ2v) is 6.97. The molecule has 3 aromatic rings. The molecule has 2 aromatic carbocycles. The van der Waals surface area contributed by atoms with Crippen molar-refractivity contribution in [1.29, 1.82) is 0 Å². The molecular weight excluding hydrogens is 374 g/mol. The summed E-state index contributed by atoms with van der Waals surface area (Å²) in [6.45, 7) is -1.60. The van der Waals surface area contributed by atoms with E-state index in [-0.39, 0.29) is 12.0 Å². The predicted molar refractivity (Wildman–Crippen MR) is 108 cm³/mol. The number of hydrogen-bond donors (Lipinski definition) is 4. The minimum atomic E-state index is -1.38. The number of carbonyl (C=O) groups excluding carboxylic acids is 1. The average Bonchev–Trinajstić information content (AvgIpc) is 2.77. The summed E-state index contributed by atoms with van der Waals surface area (Å²) in [5, 5.41) is 32.6. The van der Waals surface area contributed by atoms with Crippen LogP contribution in [0, 0.1) is 0 Å². The Morgan fingerprint density at radius 2 is 1.59 bits per heavy atom. The Morgan fingerprint density at radius 3 is 2.24 bits per heavy atom. The topological polar surface area (TPSA) is 120 Å². The van der Waals surface area contributed by atoms with Crippen molar-refractivity contribution in [3.8, 4) is 0 Å². The molecule has 0 aliphatic heterocycles. The number of ketones is 1.